The van der Waals surface area contributed by atoms with Gasteiger partial charge in [-0.3, -0.25) is 4.79 Å². The van der Waals surface area contributed by atoms with Crippen molar-refractivity contribution in [3.8, 4) is 0 Å². The van der Waals surface area contributed by atoms with Crippen LogP contribution < -0.4 is 4.90 Å². The molecular weight excluding hydrogens is 298 g/mol. The van der Waals surface area contributed by atoms with Crippen LogP contribution in [0.3, 0.4) is 0 Å². The van der Waals surface area contributed by atoms with Gasteiger partial charge >= 0.3 is 0 Å². The number of hydrogen-bond donors (Lipinski definition) is 0. The molecule has 2 aromatic heterocycles. The number of benzene rings is 1. The fourth-order valence-corrected chi connectivity index (χ4v) is 2.96. The third-order valence-corrected chi connectivity index (χ3v) is 4.34. The van der Waals surface area contributed by atoms with E-state index in [0.29, 0.717) is 6.42 Å². The highest BCUT2D eigenvalue weighted by molar-refractivity contribution is 6.03. The molecule has 0 saturated carbocycles. The Labute approximate surface area is 142 Å². The lowest BCUT2D eigenvalue weighted by atomic mass is 10.0. The summed E-state index contributed by atoms with van der Waals surface area (Å²) < 4.78 is 1.79. The van der Waals surface area contributed by atoms with Crippen molar-refractivity contribution in [2.45, 2.75) is 26.7 Å². The molecule has 0 amide bonds. The first-order valence-corrected chi connectivity index (χ1v) is 8.21. The quantitative estimate of drug-likeness (QED) is 0.670. The van der Waals surface area contributed by atoms with Crippen LogP contribution in [-0.2, 0) is 6.42 Å². The number of hydrogen-bond acceptors (Lipinski definition) is 3. The average Bonchev–Trinajstić information content (AvgIpc) is 2.88. The van der Waals surface area contributed by atoms with Gasteiger partial charge in [0, 0.05) is 32.4 Å². The predicted octanol–water partition coefficient (Wildman–Crippen LogP) is 3.83. The molecule has 0 radical (unpaired) electrons. The second-order valence-corrected chi connectivity index (χ2v) is 6.48. The summed E-state index contributed by atoms with van der Waals surface area (Å²) >= 11 is 0. The molecule has 2 heterocycles. The molecule has 0 aliphatic carbocycles. The van der Waals surface area contributed by atoms with Gasteiger partial charge in [-0.15, -0.1) is 0 Å². The van der Waals surface area contributed by atoms with Crippen LogP contribution >= 0.6 is 0 Å². The maximum absolute atomic E-state index is 12.7. The van der Waals surface area contributed by atoms with E-state index >= 15 is 0 Å². The minimum absolute atomic E-state index is 0.157. The summed E-state index contributed by atoms with van der Waals surface area (Å²) in [5, 5.41) is 4.45. The van der Waals surface area contributed by atoms with Crippen LogP contribution in [0, 0.1) is 13.8 Å². The van der Waals surface area contributed by atoms with Crippen molar-refractivity contribution in [1.29, 1.82) is 0 Å². The molecule has 4 nitrogen and oxygen atoms in total. The summed E-state index contributed by atoms with van der Waals surface area (Å²) in [6.07, 6.45) is 3.15. The number of carbonyl (C=O) groups excluding carboxylic acids is 1. The molecule has 0 fully saturated rings. The number of aryl methyl sites for hydroxylation is 3. The highest BCUT2D eigenvalue weighted by Gasteiger charge is 2.17. The molecule has 0 spiro atoms. The van der Waals surface area contributed by atoms with Crippen LogP contribution in [0.25, 0.3) is 5.52 Å². The van der Waals surface area contributed by atoms with Gasteiger partial charge in [0.1, 0.15) is 0 Å². The average molecular weight is 321 g/mol. The Kier molecular flexibility index (Phi) is 4.38. The molecule has 24 heavy (non-hydrogen) atoms. The number of carbonyl (C=O) groups is 1. The Bertz CT molecular complexity index is 876. The number of anilines is 1. The van der Waals surface area contributed by atoms with Gasteiger partial charge in [0.25, 0.3) is 0 Å². The first-order valence-electron chi connectivity index (χ1n) is 8.21. The number of ketones is 1. The molecule has 3 aromatic rings. The van der Waals surface area contributed by atoms with Crippen molar-refractivity contribution in [2.24, 2.45) is 0 Å². The second-order valence-electron chi connectivity index (χ2n) is 6.48. The highest BCUT2D eigenvalue weighted by atomic mass is 16.1. The lowest BCUT2D eigenvalue weighted by Crippen LogP contribution is -2.08. The molecular formula is C20H23N3O. The Morgan fingerprint density at radius 1 is 1.12 bits per heavy atom. The van der Waals surface area contributed by atoms with Gasteiger partial charge in [-0.2, -0.15) is 5.10 Å². The number of rotatable bonds is 5. The van der Waals surface area contributed by atoms with Gasteiger partial charge in [0.05, 0.1) is 16.8 Å². The highest BCUT2D eigenvalue weighted by Crippen LogP contribution is 2.20. The number of nitrogens with zero attached hydrogens (tertiary/aromatic N) is 3. The second kappa shape index (κ2) is 6.48. The van der Waals surface area contributed by atoms with E-state index < -0.39 is 0 Å². The van der Waals surface area contributed by atoms with Gasteiger partial charge in [-0.05, 0) is 55.7 Å². The summed E-state index contributed by atoms with van der Waals surface area (Å²) in [7, 11) is 4.04. The smallest absolute Gasteiger partial charge is 0.167 e. The first kappa shape index (κ1) is 16.2. The van der Waals surface area contributed by atoms with E-state index in [0.717, 1.165) is 28.8 Å². The van der Waals surface area contributed by atoms with E-state index in [1.54, 1.807) is 4.52 Å². The summed E-state index contributed by atoms with van der Waals surface area (Å²) in [5.41, 5.74) is 5.94. The van der Waals surface area contributed by atoms with Gasteiger partial charge in [-0.25, -0.2) is 4.52 Å². The van der Waals surface area contributed by atoms with Crippen molar-refractivity contribution < 1.29 is 4.79 Å². The molecule has 4 heteroatoms. The Hall–Kier alpha value is -2.62. The third kappa shape index (κ3) is 3.18. The maximum Gasteiger partial charge on any atom is 0.167 e. The van der Waals surface area contributed by atoms with Crippen LogP contribution in [0.4, 0.5) is 5.69 Å². The molecule has 0 aliphatic heterocycles. The van der Waals surface area contributed by atoms with Gasteiger partial charge in [0.15, 0.2) is 5.78 Å². The van der Waals surface area contributed by atoms with E-state index in [9.17, 15) is 4.79 Å². The standard InChI is InChI=1S/C20H23N3O/c1-14-11-12-23-18(13-14)20(15(2)21-23)19(24)10-7-16-5-8-17(9-6-16)22(3)4/h5-6,8-9,11-13H,7,10H2,1-4H3. The molecule has 0 N–H and O–H groups in total. The Balaban J connectivity index is 1.78. The van der Waals surface area contributed by atoms with Crippen LogP contribution in [0.15, 0.2) is 42.6 Å². The molecule has 3 rings (SSSR count). The van der Waals surface area contributed by atoms with Gasteiger partial charge < -0.3 is 4.90 Å². The van der Waals surface area contributed by atoms with E-state index in [1.807, 2.05) is 46.3 Å². The summed E-state index contributed by atoms with van der Waals surface area (Å²) in [5.74, 6) is 0.157. The number of aromatic nitrogens is 2. The Morgan fingerprint density at radius 2 is 1.83 bits per heavy atom. The molecule has 0 atom stereocenters. The van der Waals surface area contributed by atoms with Crippen molar-refractivity contribution in [3.05, 3.63) is 65.0 Å². The largest absolute Gasteiger partial charge is 0.378 e. The minimum Gasteiger partial charge on any atom is -0.378 e. The number of fused-ring (bicyclic) bond motifs is 1. The summed E-state index contributed by atoms with van der Waals surface area (Å²) in [6.45, 7) is 3.93. The van der Waals surface area contributed by atoms with Crippen molar-refractivity contribution in [2.75, 3.05) is 19.0 Å². The van der Waals surface area contributed by atoms with E-state index in [2.05, 4.69) is 34.3 Å². The topological polar surface area (TPSA) is 37.6 Å². The lowest BCUT2D eigenvalue weighted by Gasteiger charge is -2.12. The van der Waals surface area contributed by atoms with E-state index in [4.69, 9.17) is 0 Å². The summed E-state index contributed by atoms with van der Waals surface area (Å²) in [6, 6.07) is 12.4. The van der Waals surface area contributed by atoms with Crippen LogP contribution in [0.2, 0.25) is 0 Å². The summed E-state index contributed by atoms with van der Waals surface area (Å²) in [4.78, 5) is 14.8. The van der Waals surface area contributed by atoms with Crippen molar-refractivity contribution >= 4 is 17.0 Å². The molecule has 0 unspecified atom stereocenters. The zero-order valence-electron chi connectivity index (χ0n) is 14.7. The third-order valence-electron chi connectivity index (χ3n) is 4.34. The van der Waals surface area contributed by atoms with E-state index in [-0.39, 0.29) is 5.78 Å². The van der Waals surface area contributed by atoms with Crippen molar-refractivity contribution in [3.63, 3.8) is 0 Å². The SMILES string of the molecule is Cc1ccn2nc(C)c(C(=O)CCc3ccc(N(C)C)cc3)c2c1. The number of pyridine rings is 1. The molecule has 0 bridgehead atoms. The first-order chi connectivity index (χ1) is 11.5. The molecule has 1 aromatic carbocycles. The van der Waals surface area contributed by atoms with Crippen LogP contribution in [-0.4, -0.2) is 29.5 Å². The minimum atomic E-state index is 0.157. The normalized spacial score (nSPS) is 11.0. The Morgan fingerprint density at radius 3 is 2.50 bits per heavy atom. The van der Waals surface area contributed by atoms with Gasteiger partial charge in [-0.1, -0.05) is 12.1 Å². The monoisotopic (exact) mass is 321 g/mol. The van der Waals surface area contributed by atoms with E-state index in [1.165, 1.54) is 11.3 Å². The maximum atomic E-state index is 12.7. The number of Topliss-reactive ketones (excluding diaryl/α,β-unsaturated/α-hetero) is 1. The molecule has 124 valence electrons. The predicted molar refractivity (Wildman–Crippen MR) is 98.1 cm³/mol. The lowest BCUT2D eigenvalue weighted by molar-refractivity contribution is 0.0984. The zero-order chi connectivity index (χ0) is 17.3. The fraction of sp³-hybridized carbons (Fsp3) is 0.300. The fourth-order valence-electron chi connectivity index (χ4n) is 2.96. The molecule has 0 aliphatic rings. The zero-order valence-corrected chi connectivity index (χ0v) is 14.7. The van der Waals surface area contributed by atoms with Crippen molar-refractivity contribution in [1.82, 2.24) is 9.61 Å². The van der Waals surface area contributed by atoms with Gasteiger partial charge in [0.2, 0.25) is 0 Å². The molecule has 0 saturated heterocycles. The van der Waals surface area contributed by atoms with Crippen LogP contribution in [0.1, 0.15) is 33.6 Å². The van der Waals surface area contributed by atoms with Crippen LogP contribution in [0.5, 0.6) is 0 Å².